The van der Waals surface area contributed by atoms with Crippen molar-refractivity contribution in [2.45, 2.75) is 20.3 Å². The summed E-state index contributed by atoms with van der Waals surface area (Å²) in [5, 5.41) is 2.81. The summed E-state index contributed by atoms with van der Waals surface area (Å²) in [5.41, 5.74) is 11.3. The maximum absolute atomic E-state index is 13.3. The lowest BCUT2D eigenvalue weighted by atomic mass is 10.1. The van der Waals surface area contributed by atoms with Crippen LogP contribution in [-0.4, -0.2) is 48.4 Å². The highest BCUT2D eigenvalue weighted by atomic mass is 32.1. The van der Waals surface area contributed by atoms with E-state index in [1.54, 1.807) is 18.2 Å². The van der Waals surface area contributed by atoms with Crippen molar-refractivity contribution in [3.8, 4) is 11.5 Å². The topological polar surface area (TPSA) is 150 Å². The van der Waals surface area contributed by atoms with Crippen LogP contribution in [0, 0.1) is 5.92 Å². The van der Waals surface area contributed by atoms with Crippen molar-refractivity contribution in [3.05, 3.63) is 28.8 Å². The molecule has 0 saturated heterocycles. The number of carbonyl (C=O) groups excluding carboxylic acids is 3. The number of carbonyl (C=O) groups is 3. The van der Waals surface area contributed by atoms with Gasteiger partial charge in [0.05, 0.1) is 5.69 Å². The van der Waals surface area contributed by atoms with Gasteiger partial charge < -0.3 is 26.3 Å². The molecule has 0 spiro atoms. The molecule has 1 aliphatic rings. The van der Waals surface area contributed by atoms with Crippen LogP contribution in [0.5, 0.6) is 11.5 Å². The van der Waals surface area contributed by atoms with Gasteiger partial charge in [0.1, 0.15) is 24.6 Å². The van der Waals surface area contributed by atoms with E-state index in [0.717, 1.165) is 18.0 Å². The van der Waals surface area contributed by atoms with Gasteiger partial charge in [-0.25, -0.2) is 0 Å². The Morgan fingerprint density at radius 3 is 2.58 bits per heavy atom. The molecule has 2 aromatic rings. The van der Waals surface area contributed by atoms with E-state index in [-0.39, 0.29) is 28.7 Å². The minimum atomic E-state index is -0.829. The molecule has 3 rings (SSSR count). The van der Waals surface area contributed by atoms with Crippen molar-refractivity contribution in [1.82, 2.24) is 9.69 Å². The van der Waals surface area contributed by atoms with Crippen molar-refractivity contribution in [2.75, 3.05) is 36.9 Å². The van der Waals surface area contributed by atoms with Crippen LogP contribution in [0.15, 0.2) is 18.2 Å². The van der Waals surface area contributed by atoms with E-state index in [9.17, 15) is 14.4 Å². The van der Waals surface area contributed by atoms with Crippen molar-refractivity contribution < 1.29 is 23.9 Å². The first-order chi connectivity index (χ1) is 14.8. The standard InChI is InChI=1S/C20H25N5O5S/c1-11(2)5-6-23-15(26)10-25(12-3-4-13-14(9-12)30-8-7-29-13)20(28)18-16(21)17(19(22)27)24-31-18/h3-4,9,11H,5-8,10,21H2,1-2H3,(H2,22,27)(H,23,26). The van der Waals surface area contributed by atoms with Crippen molar-refractivity contribution in [2.24, 2.45) is 11.7 Å². The minimum Gasteiger partial charge on any atom is -0.486 e. The number of amides is 3. The average molecular weight is 448 g/mol. The Bertz CT molecular complexity index is 990. The first-order valence-corrected chi connectivity index (χ1v) is 10.6. The monoisotopic (exact) mass is 447 g/mol. The quantitative estimate of drug-likeness (QED) is 0.553. The van der Waals surface area contributed by atoms with Crippen LogP contribution >= 0.6 is 11.5 Å². The van der Waals surface area contributed by atoms with E-state index < -0.39 is 11.8 Å². The molecule has 0 saturated carbocycles. The SMILES string of the molecule is CC(C)CCNC(=O)CN(C(=O)c1snc(C(N)=O)c1N)c1ccc2c(c1)OCCO2. The van der Waals surface area contributed by atoms with Crippen molar-refractivity contribution in [1.29, 1.82) is 0 Å². The Labute approximate surface area is 183 Å². The fourth-order valence-electron chi connectivity index (χ4n) is 2.93. The number of benzene rings is 1. The molecule has 1 aromatic heterocycles. The van der Waals surface area contributed by atoms with Gasteiger partial charge >= 0.3 is 0 Å². The van der Waals surface area contributed by atoms with Crippen LogP contribution in [0.1, 0.15) is 40.4 Å². The molecule has 0 aliphatic carbocycles. The molecule has 0 fully saturated rings. The van der Waals surface area contributed by atoms with E-state index in [0.29, 0.717) is 42.9 Å². The van der Waals surface area contributed by atoms with Gasteiger partial charge in [-0.1, -0.05) is 13.8 Å². The van der Waals surface area contributed by atoms with Gasteiger partial charge in [-0.15, -0.1) is 0 Å². The lowest BCUT2D eigenvalue weighted by molar-refractivity contribution is -0.119. The number of nitrogens with two attached hydrogens (primary N) is 2. The lowest BCUT2D eigenvalue weighted by Crippen LogP contribution is -2.41. The van der Waals surface area contributed by atoms with Gasteiger partial charge in [0.25, 0.3) is 11.8 Å². The maximum Gasteiger partial charge on any atom is 0.272 e. The summed E-state index contributed by atoms with van der Waals surface area (Å²) < 4.78 is 15.0. The summed E-state index contributed by atoms with van der Waals surface area (Å²) in [7, 11) is 0. The number of primary amides is 1. The Morgan fingerprint density at radius 2 is 1.94 bits per heavy atom. The summed E-state index contributed by atoms with van der Waals surface area (Å²) >= 11 is 0.759. The third-order valence-electron chi connectivity index (χ3n) is 4.58. The van der Waals surface area contributed by atoms with E-state index in [2.05, 4.69) is 23.5 Å². The van der Waals surface area contributed by atoms with Crippen molar-refractivity contribution in [3.63, 3.8) is 0 Å². The van der Waals surface area contributed by atoms with Gasteiger partial charge in [-0.3, -0.25) is 19.3 Å². The molecular weight excluding hydrogens is 422 g/mol. The number of nitrogen functional groups attached to an aromatic ring is 1. The summed E-state index contributed by atoms with van der Waals surface area (Å²) in [6.07, 6.45) is 0.813. The van der Waals surface area contributed by atoms with E-state index in [1.165, 1.54) is 4.90 Å². The molecule has 1 aromatic carbocycles. The zero-order chi connectivity index (χ0) is 22.5. The number of rotatable bonds is 8. The highest BCUT2D eigenvalue weighted by Crippen LogP contribution is 2.35. The van der Waals surface area contributed by atoms with Gasteiger partial charge in [0.2, 0.25) is 5.91 Å². The van der Waals surface area contributed by atoms with Crippen LogP contribution in [-0.2, 0) is 4.79 Å². The molecule has 0 unspecified atom stereocenters. The zero-order valence-electron chi connectivity index (χ0n) is 17.3. The number of ether oxygens (including phenoxy) is 2. The van der Waals surface area contributed by atoms with Crippen LogP contribution in [0.4, 0.5) is 11.4 Å². The Hall–Kier alpha value is -3.34. The Balaban J connectivity index is 1.89. The normalized spacial score (nSPS) is 12.5. The summed E-state index contributed by atoms with van der Waals surface area (Å²) in [5.74, 6) is -0.278. The van der Waals surface area contributed by atoms with E-state index in [4.69, 9.17) is 20.9 Å². The van der Waals surface area contributed by atoms with Gasteiger partial charge in [0.15, 0.2) is 17.2 Å². The molecule has 166 valence electrons. The Morgan fingerprint density at radius 1 is 1.23 bits per heavy atom. The maximum atomic E-state index is 13.3. The Kier molecular flexibility index (Phi) is 6.95. The molecule has 1 aliphatic heterocycles. The molecule has 0 atom stereocenters. The number of hydrogen-bond acceptors (Lipinski definition) is 8. The molecule has 11 heteroatoms. The lowest BCUT2D eigenvalue weighted by Gasteiger charge is -2.25. The van der Waals surface area contributed by atoms with Crippen LogP contribution in [0.3, 0.4) is 0 Å². The molecule has 0 radical (unpaired) electrons. The summed E-state index contributed by atoms with van der Waals surface area (Å²) in [6.45, 7) is 5.17. The summed E-state index contributed by atoms with van der Waals surface area (Å²) in [4.78, 5) is 38.6. The second-order valence-electron chi connectivity index (χ2n) is 7.39. The predicted octanol–water partition coefficient (Wildman–Crippen LogP) is 1.40. The second kappa shape index (κ2) is 9.65. The van der Waals surface area contributed by atoms with E-state index in [1.807, 2.05) is 0 Å². The molecule has 31 heavy (non-hydrogen) atoms. The van der Waals surface area contributed by atoms with Gasteiger partial charge in [-0.05, 0) is 36.0 Å². The van der Waals surface area contributed by atoms with E-state index >= 15 is 0 Å². The minimum absolute atomic E-state index is 0.0265. The zero-order valence-corrected chi connectivity index (χ0v) is 18.2. The first kappa shape index (κ1) is 22.3. The van der Waals surface area contributed by atoms with Crippen LogP contribution in [0.25, 0.3) is 0 Å². The molecule has 5 N–H and O–H groups in total. The number of anilines is 2. The fourth-order valence-corrected chi connectivity index (χ4v) is 3.69. The highest BCUT2D eigenvalue weighted by molar-refractivity contribution is 7.09. The van der Waals surface area contributed by atoms with Crippen LogP contribution < -0.4 is 31.2 Å². The largest absolute Gasteiger partial charge is 0.486 e. The van der Waals surface area contributed by atoms with Gasteiger partial charge in [-0.2, -0.15) is 4.37 Å². The highest BCUT2D eigenvalue weighted by Gasteiger charge is 2.28. The third kappa shape index (κ3) is 5.23. The van der Waals surface area contributed by atoms with Gasteiger partial charge in [0, 0.05) is 18.3 Å². The number of hydrogen-bond donors (Lipinski definition) is 3. The molecular formula is C20H25N5O5S. The molecule has 3 amide bonds. The number of fused-ring (bicyclic) bond motifs is 1. The molecule has 0 bridgehead atoms. The fraction of sp³-hybridized carbons (Fsp3) is 0.400. The summed E-state index contributed by atoms with van der Waals surface area (Å²) in [6, 6.07) is 4.95. The van der Waals surface area contributed by atoms with Crippen molar-refractivity contribution >= 4 is 40.6 Å². The first-order valence-electron chi connectivity index (χ1n) is 9.81. The third-order valence-corrected chi connectivity index (χ3v) is 5.43. The van der Waals surface area contributed by atoms with Crippen LogP contribution in [0.2, 0.25) is 0 Å². The second-order valence-corrected chi connectivity index (χ2v) is 8.16. The number of aromatic nitrogens is 1. The predicted molar refractivity (Wildman–Crippen MR) is 117 cm³/mol. The number of nitrogens with zero attached hydrogens (tertiary/aromatic N) is 2. The molecule has 2 heterocycles. The molecule has 10 nitrogen and oxygen atoms in total. The number of nitrogens with one attached hydrogen (secondary N) is 1. The smallest absolute Gasteiger partial charge is 0.272 e. The average Bonchev–Trinajstić information content (AvgIpc) is 3.12.